The molecule has 0 spiro atoms. The number of likely N-dealkylation sites (tertiary alicyclic amines) is 1. The van der Waals surface area contributed by atoms with Crippen LogP contribution in [0.3, 0.4) is 0 Å². The van der Waals surface area contributed by atoms with Crippen LogP contribution in [0.1, 0.15) is 43.8 Å². The van der Waals surface area contributed by atoms with Crippen molar-refractivity contribution < 1.29 is 9.59 Å². The van der Waals surface area contributed by atoms with Gasteiger partial charge in [-0.15, -0.1) is 0 Å². The van der Waals surface area contributed by atoms with Gasteiger partial charge < -0.3 is 0 Å². The van der Waals surface area contributed by atoms with Gasteiger partial charge in [0.1, 0.15) is 0 Å². The summed E-state index contributed by atoms with van der Waals surface area (Å²) in [6.07, 6.45) is 7.23. The summed E-state index contributed by atoms with van der Waals surface area (Å²) in [5.74, 6) is -0.269. The molecular formula is C14H20N4O2. The van der Waals surface area contributed by atoms with Gasteiger partial charge in [0.2, 0.25) is 11.8 Å². The molecule has 2 aliphatic rings. The lowest BCUT2D eigenvalue weighted by Crippen LogP contribution is -2.36. The van der Waals surface area contributed by atoms with Gasteiger partial charge in [-0.25, -0.2) is 0 Å². The van der Waals surface area contributed by atoms with Gasteiger partial charge in [-0.1, -0.05) is 12.8 Å². The molecule has 1 saturated heterocycles. The number of nitrogens with zero attached hydrogens (tertiary/aromatic N) is 3. The van der Waals surface area contributed by atoms with Crippen molar-refractivity contribution in [1.29, 1.82) is 0 Å². The molecule has 20 heavy (non-hydrogen) atoms. The van der Waals surface area contributed by atoms with Gasteiger partial charge >= 0.3 is 0 Å². The first-order valence-corrected chi connectivity index (χ1v) is 7.23. The molecule has 1 aromatic rings. The molecule has 1 atom stereocenters. The zero-order valence-electron chi connectivity index (χ0n) is 11.7. The third-order valence-corrected chi connectivity index (χ3v) is 4.27. The topological polar surface area (TPSA) is 67.2 Å². The Bertz CT molecular complexity index is 519. The van der Waals surface area contributed by atoms with E-state index in [9.17, 15) is 9.59 Å². The minimum absolute atomic E-state index is 0.121. The van der Waals surface area contributed by atoms with Crippen LogP contribution in [-0.4, -0.2) is 39.6 Å². The zero-order chi connectivity index (χ0) is 14.1. The zero-order valence-corrected chi connectivity index (χ0v) is 11.7. The van der Waals surface area contributed by atoms with Crippen LogP contribution in [-0.2, 0) is 16.1 Å². The first kappa shape index (κ1) is 13.3. The van der Waals surface area contributed by atoms with Crippen molar-refractivity contribution in [3.05, 3.63) is 18.0 Å². The standard InChI is InChI=1S/C14H20N4O2/c1-17-13(19)8-12(14(17)20)15-9-10-6-7-18(16-10)11-4-2-3-5-11/h6-7,11-12,15H,2-5,8-9H2,1H3. The Balaban J connectivity index is 1.56. The number of hydrogen-bond acceptors (Lipinski definition) is 4. The predicted molar refractivity (Wildman–Crippen MR) is 72.8 cm³/mol. The fourth-order valence-corrected chi connectivity index (χ4v) is 2.99. The summed E-state index contributed by atoms with van der Waals surface area (Å²) in [6.45, 7) is 0.525. The lowest BCUT2D eigenvalue weighted by molar-refractivity contribution is -0.137. The molecule has 0 bridgehead atoms. The molecule has 1 unspecified atom stereocenters. The van der Waals surface area contributed by atoms with Gasteiger partial charge in [-0.3, -0.25) is 24.5 Å². The molecule has 1 saturated carbocycles. The second-order valence-electron chi connectivity index (χ2n) is 5.65. The van der Waals surface area contributed by atoms with Crippen LogP contribution in [0.15, 0.2) is 12.3 Å². The molecule has 3 rings (SSSR count). The van der Waals surface area contributed by atoms with Crippen LogP contribution in [0.25, 0.3) is 0 Å². The second kappa shape index (κ2) is 5.36. The third-order valence-electron chi connectivity index (χ3n) is 4.27. The Labute approximate surface area is 118 Å². The van der Waals surface area contributed by atoms with E-state index in [1.54, 1.807) is 0 Å². The maximum atomic E-state index is 11.8. The van der Waals surface area contributed by atoms with Crippen LogP contribution in [0.5, 0.6) is 0 Å². The van der Waals surface area contributed by atoms with Crippen molar-refractivity contribution in [2.75, 3.05) is 7.05 Å². The Morgan fingerprint density at radius 1 is 1.35 bits per heavy atom. The van der Waals surface area contributed by atoms with Crippen molar-refractivity contribution in [2.24, 2.45) is 0 Å². The van der Waals surface area contributed by atoms with Crippen LogP contribution in [0.2, 0.25) is 0 Å². The van der Waals surface area contributed by atoms with E-state index in [2.05, 4.69) is 10.4 Å². The largest absolute Gasteiger partial charge is 0.300 e. The highest BCUT2D eigenvalue weighted by Gasteiger charge is 2.35. The first-order chi connectivity index (χ1) is 9.65. The number of carbonyl (C=O) groups is 2. The van der Waals surface area contributed by atoms with Gasteiger partial charge in [0.25, 0.3) is 0 Å². The summed E-state index contributed by atoms with van der Waals surface area (Å²) in [6, 6.07) is 2.12. The number of hydrogen-bond donors (Lipinski definition) is 1. The summed E-state index contributed by atoms with van der Waals surface area (Å²) >= 11 is 0. The monoisotopic (exact) mass is 276 g/mol. The smallest absolute Gasteiger partial charge is 0.246 e. The number of aromatic nitrogens is 2. The predicted octanol–water partition coefficient (Wildman–Crippen LogP) is 0.845. The summed E-state index contributed by atoms with van der Waals surface area (Å²) in [4.78, 5) is 24.4. The van der Waals surface area contributed by atoms with E-state index in [-0.39, 0.29) is 18.2 Å². The lowest BCUT2D eigenvalue weighted by Gasteiger charge is -2.10. The van der Waals surface area contributed by atoms with Crippen LogP contribution in [0, 0.1) is 0 Å². The summed E-state index contributed by atoms with van der Waals surface area (Å²) in [5, 5.41) is 7.69. The van der Waals surface area contributed by atoms with Gasteiger partial charge in [-0.05, 0) is 18.9 Å². The van der Waals surface area contributed by atoms with Crippen LogP contribution >= 0.6 is 0 Å². The minimum atomic E-state index is -0.399. The maximum absolute atomic E-state index is 11.8. The van der Waals surface area contributed by atoms with E-state index in [4.69, 9.17) is 0 Å². The van der Waals surface area contributed by atoms with Crippen molar-refractivity contribution in [2.45, 2.75) is 50.7 Å². The lowest BCUT2D eigenvalue weighted by atomic mass is 10.2. The number of carbonyl (C=O) groups excluding carboxylic acids is 2. The first-order valence-electron chi connectivity index (χ1n) is 7.23. The number of amides is 2. The highest BCUT2D eigenvalue weighted by molar-refractivity contribution is 6.05. The Morgan fingerprint density at radius 2 is 2.10 bits per heavy atom. The van der Waals surface area contributed by atoms with Gasteiger partial charge in [0, 0.05) is 19.8 Å². The van der Waals surface area contributed by atoms with E-state index in [0.717, 1.165) is 5.69 Å². The molecule has 2 amide bonds. The molecule has 0 radical (unpaired) electrons. The molecule has 1 aromatic heterocycles. The molecule has 2 fully saturated rings. The third kappa shape index (κ3) is 2.47. The van der Waals surface area contributed by atoms with E-state index in [0.29, 0.717) is 12.6 Å². The van der Waals surface area contributed by atoms with E-state index in [1.165, 1.54) is 37.6 Å². The fraction of sp³-hybridized carbons (Fsp3) is 0.643. The molecule has 108 valence electrons. The second-order valence-corrected chi connectivity index (χ2v) is 5.65. The quantitative estimate of drug-likeness (QED) is 0.828. The highest BCUT2D eigenvalue weighted by atomic mass is 16.2. The number of rotatable bonds is 4. The van der Waals surface area contributed by atoms with Crippen molar-refractivity contribution in [3.63, 3.8) is 0 Å². The summed E-state index contributed by atoms with van der Waals surface area (Å²) < 4.78 is 2.04. The fourth-order valence-electron chi connectivity index (χ4n) is 2.99. The molecule has 6 nitrogen and oxygen atoms in total. The van der Waals surface area contributed by atoms with Gasteiger partial charge in [0.15, 0.2) is 0 Å². The number of likely N-dealkylation sites (N-methyl/N-ethyl adjacent to an activating group) is 1. The van der Waals surface area contributed by atoms with E-state index < -0.39 is 6.04 Å². The normalized spacial score (nSPS) is 24.1. The average Bonchev–Trinajstić information content (AvgIpc) is 3.14. The Hall–Kier alpha value is -1.69. The highest BCUT2D eigenvalue weighted by Crippen LogP contribution is 2.28. The summed E-state index contributed by atoms with van der Waals surface area (Å²) in [7, 11) is 1.53. The molecule has 2 heterocycles. The molecular weight excluding hydrogens is 256 g/mol. The average molecular weight is 276 g/mol. The van der Waals surface area contributed by atoms with E-state index >= 15 is 0 Å². The van der Waals surface area contributed by atoms with Crippen molar-refractivity contribution in [3.8, 4) is 0 Å². The maximum Gasteiger partial charge on any atom is 0.246 e. The van der Waals surface area contributed by atoms with Crippen molar-refractivity contribution in [1.82, 2.24) is 20.0 Å². The molecule has 1 aliphatic carbocycles. The van der Waals surface area contributed by atoms with Crippen LogP contribution in [0.4, 0.5) is 0 Å². The molecule has 1 aliphatic heterocycles. The van der Waals surface area contributed by atoms with Crippen LogP contribution < -0.4 is 5.32 Å². The van der Waals surface area contributed by atoms with Crippen molar-refractivity contribution >= 4 is 11.8 Å². The molecule has 1 N–H and O–H groups in total. The van der Waals surface area contributed by atoms with E-state index in [1.807, 2.05) is 16.9 Å². The summed E-state index contributed by atoms with van der Waals surface area (Å²) in [5.41, 5.74) is 0.923. The Kier molecular flexibility index (Phi) is 3.56. The number of nitrogens with one attached hydrogen (secondary N) is 1. The molecule has 6 heteroatoms. The number of imide groups is 1. The minimum Gasteiger partial charge on any atom is -0.300 e. The molecule has 0 aromatic carbocycles. The SMILES string of the molecule is CN1C(=O)CC(NCc2ccn(C3CCCC3)n2)C1=O. The van der Waals surface area contributed by atoms with Gasteiger partial charge in [-0.2, -0.15) is 5.10 Å². The van der Waals surface area contributed by atoms with Gasteiger partial charge in [0.05, 0.1) is 24.2 Å². The Morgan fingerprint density at radius 3 is 2.75 bits per heavy atom.